The van der Waals surface area contributed by atoms with E-state index in [4.69, 9.17) is 22.1 Å². The highest BCUT2D eigenvalue weighted by molar-refractivity contribution is 6.30. The summed E-state index contributed by atoms with van der Waals surface area (Å²) in [6, 6.07) is 1.74. The monoisotopic (exact) mass is 172 g/mol. The summed E-state index contributed by atoms with van der Waals surface area (Å²) in [5.41, 5.74) is 6.35. The number of hydrogen-bond donors (Lipinski definition) is 1. The van der Waals surface area contributed by atoms with Crippen LogP contribution in [0.25, 0.3) is 0 Å². The number of nitrogens with two attached hydrogens (primary N) is 1. The molecule has 0 fully saturated rings. The van der Waals surface area contributed by atoms with E-state index in [1.54, 1.807) is 13.2 Å². The molecular formula is C7H9ClN2O. The molecule has 0 aromatic carbocycles. The zero-order valence-electron chi connectivity index (χ0n) is 6.17. The van der Waals surface area contributed by atoms with Crippen LogP contribution < -0.4 is 5.73 Å². The van der Waals surface area contributed by atoms with E-state index in [2.05, 4.69) is 4.98 Å². The number of halogens is 1. The van der Waals surface area contributed by atoms with E-state index in [9.17, 15) is 0 Å². The van der Waals surface area contributed by atoms with Crippen LogP contribution in [0.5, 0.6) is 0 Å². The molecule has 0 saturated carbocycles. The first-order chi connectivity index (χ1) is 5.24. The van der Waals surface area contributed by atoms with Gasteiger partial charge < -0.3 is 10.5 Å². The molecule has 0 aliphatic carbocycles. The Balaban J connectivity index is 2.93. The van der Waals surface area contributed by atoms with Gasteiger partial charge in [-0.1, -0.05) is 11.6 Å². The van der Waals surface area contributed by atoms with Gasteiger partial charge in [0.05, 0.1) is 11.6 Å². The summed E-state index contributed by atoms with van der Waals surface area (Å²) in [4.78, 5) is 3.86. The molecule has 11 heavy (non-hydrogen) atoms. The number of aromatic nitrogens is 1. The van der Waals surface area contributed by atoms with E-state index in [1.807, 2.05) is 0 Å². The van der Waals surface area contributed by atoms with Gasteiger partial charge in [-0.3, -0.25) is 0 Å². The SMILES string of the molecule is COCc1cc(Cl)cnc1N. The lowest BCUT2D eigenvalue weighted by Gasteiger charge is -2.02. The molecule has 3 nitrogen and oxygen atoms in total. The van der Waals surface area contributed by atoms with E-state index < -0.39 is 0 Å². The average molecular weight is 173 g/mol. The molecule has 0 unspecified atom stereocenters. The molecule has 2 N–H and O–H groups in total. The topological polar surface area (TPSA) is 48.1 Å². The van der Waals surface area contributed by atoms with Crippen molar-refractivity contribution in [1.82, 2.24) is 4.98 Å². The van der Waals surface area contributed by atoms with Gasteiger partial charge in [0.25, 0.3) is 0 Å². The van der Waals surface area contributed by atoms with Crippen molar-refractivity contribution >= 4 is 17.4 Å². The Morgan fingerprint density at radius 1 is 1.73 bits per heavy atom. The third-order valence-corrected chi connectivity index (χ3v) is 1.47. The van der Waals surface area contributed by atoms with Gasteiger partial charge >= 0.3 is 0 Å². The minimum atomic E-state index is 0.444. The van der Waals surface area contributed by atoms with Gasteiger partial charge in [-0.05, 0) is 6.07 Å². The zero-order valence-corrected chi connectivity index (χ0v) is 6.93. The van der Waals surface area contributed by atoms with Gasteiger partial charge in [-0.15, -0.1) is 0 Å². The van der Waals surface area contributed by atoms with Crippen molar-refractivity contribution in [3.8, 4) is 0 Å². The minimum absolute atomic E-state index is 0.444. The molecule has 1 aromatic heterocycles. The number of hydrogen-bond acceptors (Lipinski definition) is 3. The van der Waals surface area contributed by atoms with Crippen molar-refractivity contribution in [3.63, 3.8) is 0 Å². The second-order valence-corrected chi connectivity index (χ2v) is 2.57. The van der Waals surface area contributed by atoms with Crippen LogP contribution in [0.2, 0.25) is 5.02 Å². The predicted molar refractivity (Wildman–Crippen MR) is 44.4 cm³/mol. The van der Waals surface area contributed by atoms with Crippen LogP contribution in [0.15, 0.2) is 12.3 Å². The number of anilines is 1. The summed E-state index contributed by atoms with van der Waals surface area (Å²) < 4.78 is 4.89. The van der Waals surface area contributed by atoms with Crippen molar-refractivity contribution in [2.75, 3.05) is 12.8 Å². The van der Waals surface area contributed by atoms with E-state index >= 15 is 0 Å². The number of ether oxygens (including phenoxy) is 1. The Morgan fingerprint density at radius 3 is 3.09 bits per heavy atom. The normalized spacial score (nSPS) is 10.0. The van der Waals surface area contributed by atoms with Crippen molar-refractivity contribution in [3.05, 3.63) is 22.8 Å². The first kappa shape index (κ1) is 8.30. The predicted octanol–water partition coefficient (Wildman–Crippen LogP) is 1.46. The largest absolute Gasteiger partial charge is 0.383 e. The van der Waals surface area contributed by atoms with Crippen molar-refractivity contribution in [2.24, 2.45) is 0 Å². The van der Waals surface area contributed by atoms with Gasteiger partial charge in [0.15, 0.2) is 0 Å². The van der Waals surface area contributed by atoms with Gasteiger partial charge in [0, 0.05) is 18.9 Å². The number of nitrogens with zero attached hydrogens (tertiary/aromatic N) is 1. The Bertz CT molecular complexity index is 252. The van der Waals surface area contributed by atoms with E-state index in [1.165, 1.54) is 6.20 Å². The van der Waals surface area contributed by atoms with E-state index in [0.717, 1.165) is 5.56 Å². The number of nitrogen functional groups attached to an aromatic ring is 1. The Morgan fingerprint density at radius 2 is 2.45 bits per heavy atom. The maximum absolute atomic E-state index is 5.68. The summed E-state index contributed by atoms with van der Waals surface area (Å²) in [7, 11) is 1.60. The molecule has 0 bridgehead atoms. The van der Waals surface area contributed by atoms with E-state index in [-0.39, 0.29) is 0 Å². The Hall–Kier alpha value is -0.800. The molecule has 1 aromatic rings. The second-order valence-electron chi connectivity index (χ2n) is 2.13. The molecule has 1 heterocycles. The summed E-state index contributed by atoms with van der Waals surface area (Å²) in [6.07, 6.45) is 1.51. The molecule has 0 radical (unpaired) electrons. The minimum Gasteiger partial charge on any atom is -0.383 e. The summed E-state index contributed by atoms with van der Waals surface area (Å²) in [6.45, 7) is 0.444. The quantitative estimate of drug-likeness (QED) is 0.735. The number of methoxy groups -OCH3 is 1. The van der Waals surface area contributed by atoms with Crippen LogP contribution in [0, 0.1) is 0 Å². The van der Waals surface area contributed by atoms with Crippen LogP contribution in [-0.2, 0) is 11.3 Å². The summed E-state index contributed by atoms with van der Waals surface area (Å²) in [5, 5.41) is 0.575. The van der Waals surface area contributed by atoms with Gasteiger partial charge in [-0.2, -0.15) is 0 Å². The van der Waals surface area contributed by atoms with Crippen LogP contribution in [0.4, 0.5) is 5.82 Å². The Kier molecular flexibility index (Phi) is 2.68. The highest BCUT2D eigenvalue weighted by Gasteiger charge is 1.99. The van der Waals surface area contributed by atoms with Crippen molar-refractivity contribution in [2.45, 2.75) is 6.61 Å². The van der Waals surface area contributed by atoms with E-state index in [0.29, 0.717) is 17.4 Å². The van der Waals surface area contributed by atoms with Gasteiger partial charge in [-0.25, -0.2) is 4.98 Å². The molecule has 0 amide bonds. The molecular weight excluding hydrogens is 164 g/mol. The smallest absolute Gasteiger partial charge is 0.128 e. The maximum atomic E-state index is 5.68. The summed E-state index contributed by atoms with van der Waals surface area (Å²) >= 11 is 5.68. The third-order valence-electron chi connectivity index (χ3n) is 1.27. The fourth-order valence-electron chi connectivity index (χ4n) is 0.763. The number of rotatable bonds is 2. The molecule has 4 heteroatoms. The van der Waals surface area contributed by atoms with Crippen LogP contribution in [0.1, 0.15) is 5.56 Å². The lowest BCUT2D eigenvalue weighted by atomic mass is 10.3. The highest BCUT2D eigenvalue weighted by atomic mass is 35.5. The fraction of sp³-hybridized carbons (Fsp3) is 0.286. The standard InChI is InChI=1S/C7H9ClN2O/c1-11-4-5-2-6(8)3-10-7(5)9/h2-3H,4H2,1H3,(H2,9,10). The van der Waals surface area contributed by atoms with Crippen molar-refractivity contribution < 1.29 is 4.74 Å². The molecule has 1 rings (SSSR count). The lowest BCUT2D eigenvalue weighted by molar-refractivity contribution is 0.185. The third kappa shape index (κ3) is 2.06. The first-order valence-electron chi connectivity index (χ1n) is 3.13. The first-order valence-corrected chi connectivity index (χ1v) is 3.50. The fourth-order valence-corrected chi connectivity index (χ4v) is 0.943. The molecule has 0 aliphatic rings. The van der Waals surface area contributed by atoms with Crippen LogP contribution >= 0.6 is 11.6 Å². The maximum Gasteiger partial charge on any atom is 0.128 e. The number of pyridine rings is 1. The Labute approximate surface area is 70.1 Å². The zero-order chi connectivity index (χ0) is 8.27. The van der Waals surface area contributed by atoms with Crippen LogP contribution in [-0.4, -0.2) is 12.1 Å². The highest BCUT2D eigenvalue weighted by Crippen LogP contribution is 2.14. The summed E-state index contributed by atoms with van der Waals surface area (Å²) in [5.74, 6) is 0.469. The van der Waals surface area contributed by atoms with Crippen molar-refractivity contribution in [1.29, 1.82) is 0 Å². The second kappa shape index (κ2) is 3.55. The molecule has 0 aliphatic heterocycles. The molecule has 0 spiro atoms. The average Bonchev–Trinajstić information content (AvgIpc) is 1.98. The van der Waals surface area contributed by atoms with Crippen LogP contribution in [0.3, 0.4) is 0 Å². The molecule has 0 saturated heterocycles. The molecule has 60 valence electrons. The molecule has 0 atom stereocenters. The van der Waals surface area contributed by atoms with Gasteiger partial charge in [0.1, 0.15) is 5.82 Å². The lowest BCUT2D eigenvalue weighted by Crippen LogP contribution is -1.98. The van der Waals surface area contributed by atoms with Gasteiger partial charge in [0.2, 0.25) is 0 Å².